The molecule has 1 N–H and O–H groups in total. The van der Waals surface area contributed by atoms with Crippen LogP contribution in [-0.4, -0.2) is 37.9 Å². The SMILES string of the molecule is CON(C)S(=O)(=O)c1cccc(C(=O)Nc2ncc(Cc3ccccc3Cl)s2)c1. The van der Waals surface area contributed by atoms with Gasteiger partial charge in [-0.05, 0) is 29.8 Å². The third-order valence-electron chi connectivity index (χ3n) is 4.09. The molecular weight excluding hydrogens is 434 g/mol. The molecule has 0 saturated heterocycles. The van der Waals surface area contributed by atoms with Gasteiger partial charge in [-0.1, -0.05) is 40.3 Å². The number of halogens is 1. The molecular formula is C19H18ClN3O4S2. The molecule has 0 aliphatic rings. The number of rotatable bonds is 7. The lowest BCUT2D eigenvalue weighted by molar-refractivity contribution is -0.0258. The van der Waals surface area contributed by atoms with Crippen LogP contribution in [0.5, 0.6) is 0 Å². The molecule has 0 atom stereocenters. The maximum atomic E-state index is 12.5. The molecule has 3 aromatic rings. The molecule has 10 heteroatoms. The molecule has 7 nitrogen and oxygen atoms in total. The van der Waals surface area contributed by atoms with Gasteiger partial charge in [0.2, 0.25) is 0 Å². The first-order chi connectivity index (χ1) is 13.8. The molecule has 1 heterocycles. The molecule has 0 saturated carbocycles. The van der Waals surface area contributed by atoms with Crippen molar-refractivity contribution in [1.29, 1.82) is 0 Å². The van der Waals surface area contributed by atoms with Gasteiger partial charge in [-0.3, -0.25) is 14.9 Å². The molecule has 1 aromatic heterocycles. The fourth-order valence-corrected chi connectivity index (χ4v) is 4.54. The minimum Gasteiger partial charge on any atom is -0.298 e. The molecule has 0 aliphatic heterocycles. The molecule has 0 aliphatic carbocycles. The van der Waals surface area contributed by atoms with E-state index < -0.39 is 15.9 Å². The van der Waals surface area contributed by atoms with Gasteiger partial charge in [0.25, 0.3) is 15.9 Å². The lowest BCUT2D eigenvalue weighted by Crippen LogP contribution is -2.26. The van der Waals surface area contributed by atoms with E-state index in [2.05, 4.69) is 10.3 Å². The highest BCUT2D eigenvalue weighted by Gasteiger charge is 2.22. The van der Waals surface area contributed by atoms with Crippen LogP contribution < -0.4 is 5.32 Å². The molecule has 0 fully saturated rings. The van der Waals surface area contributed by atoms with Crippen molar-refractivity contribution < 1.29 is 18.0 Å². The van der Waals surface area contributed by atoms with Crippen molar-refractivity contribution in [2.24, 2.45) is 0 Å². The number of nitrogens with zero attached hydrogens (tertiary/aromatic N) is 2. The van der Waals surface area contributed by atoms with E-state index in [9.17, 15) is 13.2 Å². The van der Waals surface area contributed by atoms with Gasteiger partial charge in [-0.2, -0.15) is 0 Å². The number of hydrogen-bond acceptors (Lipinski definition) is 6. The van der Waals surface area contributed by atoms with E-state index in [1.54, 1.807) is 6.20 Å². The fraction of sp³-hybridized carbons (Fsp3) is 0.158. The van der Waals surface area contributed by atoms with Crippen molar-refractivity contribution in [3.63, 3.8) is 0 Å². The molecule has 29 heavy (non-hydrogen) atoms. The summed E-state index contributed by atoms with van der Waals surface area (Å²) < 4.78 is 25.4. The Balaban J connectivity index is 1.74. The van der Waals surface area contributed by atoms with E-state index in [1.165, 1.54) is 49.8 Å². The third kappa shape index (κ3) is 5.01. The number of carbonyl (C=O) groups excluding carboxylic acids is 1. The first kappa shape index (κ1) is 21.4. The average Bonchev–Trinajstić information content (AvgIpc) is 3.15. The maximum Gasteiger partial charge on any atom is 0.264 e. The molecule has 0 spiro atoms. The number of anilines is 1. The summed E-state index contributed by atoms with van der Waals surface area (Å²) >= 11 is 7.51. The Morgan fingerprint density at radius 2 is 2.00 bits per heavy atom. The van der Waals surface area contributed by atoms with Crippen LogP contribution in [0.2, 0.25) is 5.02 Å². The maximum absolute atomic E-state index is 12.5. The van der Waals surface area contributed by atoms with Crippen LogP contribution in [0.4, 0.5) is 5.13 Å². The molecule has 152 valence electrons. The van der Waals surface area contributed by atoms with Crippen LogP contribution in [0.1, 0.15) is 20.8 Å². The first-order valence-electron chi connectivity index (χ1n) is 8.44. The van der Waals surface area contributed by atoms with E-state index >= 15 is 0 Å². The standard InChI is InChI=1S/C19H18ClN3O4S2/c1-23(27-2)29(25,26)16-8-5-7-14(11-16)18(24)22-19-21-12-15(28-19)10-13-6-3-4-9-17(13)20/h3-9,11-12H,10H2,1-2H3,(H,21,22,24). The number of hydroxylamine groups is 1. The Kier molecular flexibility index (Phi) is 6.66. The van der Waals surface area contributed by atoms with E-state index in [0.29, 0.717) is 16.6 Å². The van der Waals surface area contributed by atoms with Crippen molar-refractivity contribution >= 4 is 44.0 Å². The third-order valence-corrected chi connectivity index (χ3v) is 7.04. The number of sulfonamides is 1. The highest BCUT2D eigenvalue weighted by molar-refractivity contribution is 7.89. The van der Waals surface area contributed by atoms with Crippen molar-refractivity contribution in [3.05, 3.63) is 75.8 Å². The Hall–Kier alpha value is -2.30. The lowest BCUT2D eigenvalue weighted by Gasteiger charge is -2.14. The largest absolute Gasteiger partial charge is 0.298 e. The van der Waals surface area contributed by atoms with E-state index in [0.717, 1.165) is 14.9 Å². The summed E-state index contributed by atoms with van der Waals surface area (Å²) in [6.07, 6.45) is 2.28. The van der Waals surface area contributed by atoms with Gasteiger partial charge in [0.15, 0.2) is 5.13 Å². The minimum absolute atomic E-state index is 0.0481. The van der Waals surface area contributed by atoms with Gasteiger partial charge < -0.3 is 0 Å². The summed E-state index contributed by atoms with van der Waals surface area (Å²) in [5.74, 6) is -0.458. The Morgan fingerprint density at radius 1 is 1.24 bits per heavy atom. The van der Waals surface area contributed by atoms with Gasteiger partial charge in [-0.15, -0.1) is 11.3 Å². The van der Waals surface area contributed by atoms with Crippen molar-refractivity contribution in [3.8, 4) is 0 Å². The summed E-state index contributed by atoms with van der Waals surface area (Å²) in [4.78, 5) is 22.4. The highest BCUT2D eigenvalue weighted by Crippen LogP contribution is 2.25. The topological polar surface area (TPSA) is 88.6 Å². The van der Waals surface area contributed by atoms with E-state index in [1.807, 2.05) is 24.3 Å². The summed E-state index contributed by atoms with van der Waals surface area (Å²) in [5, 5.41) is 3.78. The average molecular weight is 452 g/mol. The lowest BCUT2D eigenvalue weighted by atomic mass is 10.1. The number of nitrogens with one attached hydrogen (secondary N) is 1. The summed E-state index contributed by atoms with van der Waals surface area (Å²) in [6.45, 7) is 0. The molecule has 0 unspecified atom stereocenters. The second kappa shape index (κ2) is 9.02. The van der Waals surface area contributed by atoms with Crippen LogP contribution in [0, 0.1) is 0 Å². The second-order valence-corrected chi connectivity index (χ2v) is 9.44. The minimum atomic E-state index is -3.85. The number of aromatic nitrogens is 1. The quantitative estimate of drug-likeness (QED) is 0.551. The smallest absolute Gasteiger partial charge is 0.264 e. The number of carbonyl (C=O) groups is 1. The van der Waals surface area contributed by atoms with Crippen LogP contribution in [0.15, 0.2) is 59.6 Å². The summed E-state index contributed by atoms with van der Waals surface area (Å²) in [6, 6.07) is 13.2. The normalized spacial score (nSPS) is 11.6. The van der Waals surface area contributed by atoms with Crippen LogP contribution in [0.3, 0.4) is 0 Å². The van der Waals surface area contributed by atoms with Gasteiger partial charge in [0.05, 0.1) is 12.0 Å². The summed E-state index contributed by atoms with van der Waals surface area (Å²) in [7, 11) is -1.32. The van der Waals surface area contributed by atoms with Gasteiger partial charge in [-0.25, -0.2) is 13.4 Å². The zero-order valence-corrected chi connectivity index (χ0v) is 18.0. The Bertz CT molecular complexity index is 1130. The number of amides is 1. The van der Waals surface area contributed by atoms with Crippen LogP contribution in [-0.2, 0) is 21.3 Å². The molecule has 2 aromatic carbocycles. The van der Waals surface area contributed by atoms with Gasteiger partial charge in [0.1, 0.15) is 0 Å². The van der Waals surface area contributed by atoms with Crippen molar-refractivity contribution in [1.82, 2.24) is 9.45 Å². The first-order valence-corrected chi connectivity index (χ1v) is 11.1. The summed E-state index contributed by atoms with van der Waals surface area (Å²) in [5.41, 5.74) is 1.16. The van der Waals surface area contributed by atoms with Crippen molar-refractivity contribution in [2.45, 2.75) is 11.3 Å². The zero-order valence-electron chi connectivity index (χ0n) is 15.6. The fourth-order valence-electron chi connectivity index (χ4n) is 2.49. The van der Waals surface area contributed by atoms with Crippen LogP contribution in [0.25, 0.3) is 0 Å². The molecule has 0 bridgehead atoms. The van der Waals surface area contributed by atoms with Gasteiger partial charge >= 0.3 is 0 Å². The van der Waals surface area contributed by atoms with Gasteiger partial charge in [0, 0.05) is 35.1 Å². The molecule has 1 amide bonds. The Morgan fingerprint density at radius 3 is 2.72 bits per heavy atom. The van der Waals surface area contributed by atoms with Crippen molar-refractivity contribution in [2.75, 3.05) is 19.5 Å². The van der Waals surface area contributed by atoms with E-state index in [-0.39, 0.29) is 10.5 Å². The molecule has 0 radical (unpaired) electrons. The Labute approximate surface area is 177 Å². The number of thiazole rings is 1. The van der Waals surface area contributed by atoms with E-state index in [4.69, 9.17) is 16.4 Å². The second-order valence-electron chi connectivity index (χ2n) is 5.98. The molecule has 3 rings (SSSR count). The predicted octanol–water partition coefficient (Wildman–Crippen LogP) is 3.82. The number of hydrogen-bond donors (Lipinski definition) is 1. The highest BCUT2D eigenvalue weighted by atomic mass is 35.5. The van der Waals surface area contributed by atoms with Crippen LogP contribution >= 0.6 is 22.9 Å². The number of benzene rings is 2. The zero-order chi connectivity index (χ0) is 21.0. The monoisotopic (exact) mass is 451 g/mol. The predicted molar refractivity (Wildman–Crippen MR) is 113 cm³/mol.